The van der Waals surface area contributed by atoms with E-state index in [1.54, 1.807) is 6.07 Å². The van der Waals surface area contributed by atoms with Crippen LogP contribution in [0.25, 0.3) is 33.2 Å². The first kappa shape index (κ1) is 21.9. The summed E-state index contributed by atoms with van der Waals surface area (Å²) in [5.41, 5.74) is 4.80. The number of hydrogen-bond donors (Lipinski definition) is 1. The van der Waals surface area contributed by atoms with Gasteiger partial charge in [0.15, 0.2) is 5.43 Å². The summed E-state index contributed by atoms with van der Waals surface area (Å²) in [4.78, 5) is 15.9. The molecular weight excluding hydrogens is 370 g/mol. The van der Waals surface area contributed by atoms with Gasteiger partial charge in [-0.05, 0) is 42.0 Å². The third-order valence-electron chi connectivity index (χ3n) is 5.87. The second-order valence-electron chi connectivity index (χ2n) is 8.53. The molecule has 2 heterocycles. The van der Waals surface area contributed by atoms with E-state index in [9.17, 15) is 4.79 Å². The topological polar surface area (TPSA) is 46.0 Å². The van der Waals surface area contributed by atoms with Gasteiger partial charge in [0.2, 0.25) is 0 Å². The number of aryl methyl sites for hydroxylation is 1. The molecule has 0 unspecified atom stereocenters. The summed E-state index contributed by atoms with van der Waals surface area (Å²) in [6.45, 7) is 13.0. The van der Waals surface area contributed by atoms with Crippen LogP contribution in [0.15, 0.2) is 57.9 Å². The minimum Gasteiger partial charge on any atom is -0.455 e. The van der Waals surface area contributed by atoms with E-state index in [4.69, 9.17) is 4.42 Å². The molecule has 0 saturated heterocycles. The molecule has 2 aromatic carbocycles. The second-order valence-corrected chi connectivity index (χ2v) is 8.53. The molecule has 0 aliphatic carbocycles. The standard InChI is InChI=1S/C21H19NO2.C6H14/c1-12(2)15-8-13(3)9-16-19(23)10-20(24-21(15)16)17-11-22-18-7-5-4-6-14(17)18;1-4-6(3)5-2/h4-12,22H,1-3H3;6H,4-5H2,1-3H3. The molecule has 1 N–H and O–H groups in total. The van der Waals surface area contributed by atoms with E-state index in [0.29, 0.717) is 16.7 Å². The number of aromatic amines is 1. The Hall–Kier alpha value is -2.81. The van der Waals surface area contributed by atoms with Gasteiger partial charge in [-0.2, -0.15) is 0 Å². The number of hydrogen-bond acceptors (Lipinski definition) is 2. The number of H-pyrrole nitrogens is 1. The second kappa shape index (κ2) is 9.34. The fourth-order valence-corrected chi connectivity index (χ4v) is 3.56. The van der Waals surface area contributed by atoms with Gasteiger partial charge >= 0.3 is 0 Å². The molecule has 158 valence electrons. The van der Waals surface area contributed by atoms with Gasteiger partial charge in [-0.3, -0.25) is 4.79 Å². The van der Waals surface area contributed by atoms with Crippen molar-refractivity contribution in [3.05, 3.63) is 70.0 Å². The monoisotopic (exact) mass is 403 g/mol. The van der Waals surface area contributed by atoms with E-state index in [2.05, 4.69) is 45.7 Å². The fourth-order valence-electron chi connectivity index (χ4n) is 3.56. The van der Waals surface area contributed by atoms with Gasteiger partial charge in [0, 0.05) is 28.7 Å². The maximum absolute atomic E-state index is 12.7. The molecule has 0 aliphatic heterocycles. The fraction of sp³-hybridized carbons (Fsp3) is 0.370. The summed E-state index contributed by atoms with van der Waals surface area (Å²) >= 11 is 0. The van der Waals surface area contributed by atoms with Crippen LogP contribution in [-0.2, 0) is 0 Å². The Kier molecular flexibility index (Phi) is 6.81. The first-order valence-corrected chi connectivity index (χ1v) is 11.0. The number of benzene rings is 2. The van der Waals surface area contributed by atoms with Crippen molar-refractivity contribution in [1.82, 2.24) is 4.98 Å². The Morgan fingerprint density at radius 1 is 0.967 bits per heavy atom. The van der Waals surface area contributed by atoms with Crippen molar-refractivity contribution in [2.45, 2.75) is 60.3 Å². The summed E-state index contributed by atoms with van der Waals surface area (Å²) in [5.74, 6) is 1.83. The average Bonchev–Trinajstić information content (AvgIpc) is 3.17. The molecule has 2 aromatic heterocycles. The smallest absolute Gasteiger partial charge is 0.193 e. The summed E-state index contributed by atoms with van der Waals surface area (Å²) in [6, 6.07) is 13.6. The minimum atomic E-state index is 0.00197. The molecular formula is C27H33NO2. The van der Waals surface area contributed by atoms with Crippen LogP contribution < -0.4 is 5.43 Å². The normalized spacial score (nSPS) is 11.3. The SMILES string of the molecule is CCC(C)CC.Cc1cc(C(C)C)c2oc(-c3c[nH]c4ccccc34)cc(=O)c2c1. The molecule has 0 radical (unpaired) electrons. The number of fused-ring (bicyclic) bond motifs is 2. The lowest BCUT2D eigenvalue weighted by Gasteiger charge is -2.11. The van der Waals surface area contributed by atoms with Gasteiger partial charge in [-0.25, -0.2) is 0 Å². The van der Waals surface area contributed by atoms with Crippen LogP contribution in [0, 0.1) is 12.8 Å². The molecule has 4 rings (SSSR count). The average molecular weight is 404 g/mol. The number of aromatic nitrogens is 1. The molecule has 0 saturated carbocycles. The highest BCUT2D eigenvalue weighted by molar-refractivity contribution is 5.95. The van der Waals surface area contributed by atoms with E-state index in [0.717, 1.165) is 33.5 Å². The number of nitrogens with one attached hydrogen (secondary N) is 1. The highest BCUT2D eigenvalue weighted by atomic mass is 16.3. The van der Waals surface area contributed by atoms with Crippen molar-refractivity contribution in [1.29, 1.82) is 0 Å². The molecule has 0 atom stereocenters. The van der Waals surface area contributed by atoms with Crippen LogP contribution in [0.3, 0.4) is 0 Å². The molecule has 3 nitrogen and oxygen atoms in total. The van der Waals surface area contributed by atoms with Crippen molar-refractivity contribution in [2.75, 3.05) is 0 Å². The molecule has 0 bridgehead atoms. The summed E-state index contributed by atoms with van der Waals surface area (Å²) in [6.07, 6.45) is 4.56. The third-order valence-corrected chi connectivity index (χ3v) is 5.87. The number of rotatable bonds is 4. The van der Waals surface area contributed by atoms with Crippen molar-refractivity contribution in [3.63, 3.8) is 0 Å². The zero-order valence-electron chi connectivity index (χ0n) is 19.0. The highest BCUT2D eigenvalue weighted by Crippen LogP contribution is 2.32. The van der Waals surface area contributed by atoms with E-state index in [1.165, 1.54) is 12.8 Å². The van der Waals surface area contributed by atoms with Crippen LogP contribution in [0.2, 0.25) is 0 Å². The minimum absolute atomic E-state index is 0.00197. The zero-order chi connectivity index (χ0) is 21.8. The molecule has 4 aromatic rings. The van der Waals surface area contributed by atoms with Crippen molar-refractivity contribution in [2.24, 2.45) is 5.92 Å². The maximum Gasteiger partial charge on any atom is 0.193 e. The largest absolute Gasteiger partial charge is 0.455 e. The van der Waals surface area contributed by atoms with Crippen LogP contribution in [0.5, 0.6) is 0 Å². The molecule has 0 fully saturated rings. The molecule has 3 heteroatoms. The first-order chi connectivity index (χ1) is 14.3. The predicted octanol–water partition coefficient (Wildman–Crippen LogP) is 7.82. The Morgan fingerprint density at radius 2 is 1.67 bits per heavy atom. The van der Waals surface area contributed by atoms with Gasteiger partial charge in [0.1, 0.15) is 11.3 Å². The first-order valence-electron chi connectivity index (χ1n) is 11.0. The van der Waals surface area contributed by atoms with Gasteiger partial charge in [-0.1, -0.05) is 71.7 Å². The number of para-hydroxylation sites is 1. The van der Waals surface area contributed by atoms with Gasteiger partial charge in [-0.15, -0.1) is 0 Å². The molecule has 0 aliphatic rings. The van der Waals surface area contributed by atoms with Gasteiger partial charge in [0.05, 0.1) is 5.39 Å². The van der Waals surface area contributed by atoms with Crippen LogP contribution in [0.1, 0.15) is 64.5 Å². The summed E-state index contributed by atoms with van der Waals surface area (Å²) < 4.78 is 6.22. The van der Waals surface area contributed by atoms with E-state index in [-0.39, 0.29) is 11.3 Å². The summed E-state index contributed by atoms with van der Waals surface area (Å²) in [5, 5.41) is 1.71. The molecule has 0 amide bonds. The third kappa shape index (κ3) is 4.51. The quantitative estimate of drug-likeness (QED) is 0.377. The lowest BCUT2D eigenvalue weighted by atomic mass is 9.97. The lowest BCUT2D eigenvalue weighted by Crippen LogP contribution is -2.03. The van der Waals surface area contributed by atoms with E-state index >= 15 is 0 Å². The van der Waals surface area contributed by atoms with Crippen LogP contribution in [-0.4, -0.2) is 4.98 Å². The van der Waals surface area contributed by atoms with Crippen LogP contribution in [0.4, 0.5) is 0 Å². The zero-order valence-corrected chi connectivity index (χ0v) is 19.0. The van der Waals surface area contributed by atoms with E-state index in [1.807, 2.05) is 43.5 Å². The van der Waals surface area contributed by atoms with Gasteiger partial charge < -0.3 is 9.40 Å². The highest BCUT2D eigenvalue weighted by Gasteiger charge is 2.15. The molecule has 30 heavy (non-hydrogen) atoms. The van der Waals surface area contributed by atoms with E-state index < -0.39 is 0 Å². The predicted molar refractivity (Wildman–Crippen MR) is 128 cm³/mol. The Labute approximate surface area is 179 Å². The van der Waals surface area contributed by atoms with Crippen LogP contribution >= 0.6 is 0 Å². The Bertz CT molecular complexity index is 1190. The summed E-state index contributed by atoms with van der Waals surface area (Å²) in [7, 11) is 0. The van der Waals surface area contributed by atoms with Crippen molar-refractivity contribution in [3.8, 4) is 11.3 Å². The van der Waals surface area contributed by atoms with Crippen molar-refractivity contribution < 1.29 is 4.42 Å². The Morgan fingerprint density at radius 3 is 2.30 bits per heavy atom. The Balaban J connectivity index is 0.000000377. The van der Waals surface area contributed by atoms with Crippen molar-refractivity contribution >= 4 is 21.9 Å². The lowest BCUT2D eigenvalue weighted by molar-refractivity contribution is 0.544. The molecule has 0 spiro atoms. The van der Waals surface area contributed by atoms with Gasteiger partial charge in [0.25, 0.3) is 0 Å². The maximum atomic E-state index is 12.7.